The van der Waals surface area contributed by atoms with E-state index in [4.69, 9.17) is 0 Å². The number of ether oxygens (including phenoxy) is 1. The van der Waals surface area contributed by atoms with Gasteiger partial charge in [0.15, 0.2) is 0 Å². The summed E-state index contributed by atoms with van der Waals surface area (Å²) in [6.45, 7) is 1.04. The van der Waals surface area contributed by atoms with Gasteiger partial charge in [0.2, 0.25) is 0 Å². The van der Waals surface area contributed by atoms with Gasteiger partial charge in [-0.3, -0.25) is 0 Å². The maximum absolute atomic E-state index is 11.2. The smallest absolute Gasteiger partial charge is 0.337 e. The predicted octanol–water partition coefficient (Wildman–Crippen LogP) is 2.69. The Morgan fingerprint density at radius 2 is 2.06 bits per heavy atom. The van der Waals surface area contributed by atoms with Crippen molar-refractivity contribution in [1.29, 1.82) is 0 Å². The van der Waals surface area contributed by atoms with Crippen LogP contribution in [0.3, 0.4) is 0 Å². The summed E-state index contributed by atoms with van der Waals surface area (Å²) in [5.41, 5.74) is 1.66. The van der Waals surface area contributed by atoms with Crippen LogP contribution in [0.4, 0.5) is 5.69 Å². The van der Waals surface area contributed by atoms with Crippen molar-refractivity contribution in [1.82, 2.24) is 0 Å². The minimum Gasteiger partial charge on any atom is -0.465 e. The highest BCUT2D eigenvalue weighted by Crippen LogP contribution is 2.26. The van der Waals surface area contributed by atoms with Crippen LogP contribution in [0, 0.1) is 5.92 Å². The van der Waals surface area contributed by atoms with Crippen LogP contribution in [0.2, 0.25) is 0 Å². The fourth-order valence-electron chi connectivity index (χ4n) is 1.80. The number of rotatable bonds is 4. The maximum Gasteiger partial charge on any atom is 0.337 e. The van der Waals surface area contributed by atoms with Gasteiger partial charge in [-0.15, -0.1) is 0 Å². The number of carbonyl (C=O) groups is 1. The highest BCUT2D eigenvalue weighted by Gasteiger charge is 2.16. The highest BCUT2D eigenvalue weighted by atomic mass is 16.5. The molecule has 86 valence electrons. The molecule has 0 radical (unpaired) electrons. The van der Waals surface area contributed by atoms with E-state index in [1.54, 1.807) is 12.1 Å². The summed E-state index contributed by atoms with van der Waals surface area (Å²) in [5, 5.41) is 3.38. The molecule has 16 heavy (non-hydrogen) atoms. The van der Waals surface area contributed by atoms with Gasteiger partial charge in [0.25, 0.3) is 0 Å². The van der Waals surface area contributed by atoms with Crippen molar-refractivity contribution in [3.63, 3.8) is 0 Å². The van der Waals surface area contributed by atoms with Crippen LogP contribution in [-0.2, 0) is 4.74 Å². The minimum atomic E-state index is -0.287. The zero-order valence-electron chi connectivity index (χ0n) is 9.53. The standard InChI is InChI=1S/C13H17NO2/c1-16-13(15)11-5-7-12(8-6-11)14-9-10-3-2-4-10/h5-8,10,14H,2-4,9H2,1H3. The molecule has 0 amide bonds. The summed E-state index contributed by atoms with van der Waals surface area (Å²) in [5.74, 6) is 0.547. The topological polar surface area (TPSA) is 38.3 Å². The summed E-state index contributed by atoms with van der Waals surface area (Å²) >= 11 is 0. The van der Waals surface area contributed by atoms with E-state index in [1.807, 2.05) is 12.1 Å². The molecule has 0 aliphatic heterocycles. The highest BCUT2D eigenvalue weighted by molar-refractivity contribution is 5.89. The molecule has 1 fully saturated rings. The second-order valence-electron chi connectivity index (χ2n) is 4.25. The van der Waals surface area contributed by atoms with E-state index in [2.05, 4.69) is 10.1 Å². The number of carbonyl (C=O) groups excluding carboxylic acids is 1. The molecule has 1 N–H and O–H groups in total. The first-order valence-corrected chi connectivity index (χ1v) is 5.72. The second kappa shape index (κ2) is 5.01. The lowest BCUT2D eigenvalue weighted by molar-refractivity contribution is 0.0601. The Hall–Kier alpha value is -1.51. The van der Waals surface area contributed by atoms with E-state index in [0.717, 1.165) is 18.2 Å². The molecule has 0 heterocycles. The van der Waals surface area contributed by atoms with Crippen molar-refractivity contribution in [2.45, 2.75) is 19.3 Å². The molecule has 1 aliphatic rings. The van der Waals surface area contributed by atoms with Crippen LogP contribution in [0.15, 0.2) is 24.3 Å². The zero-order chi connectivity index (χ0) is 11.4. The van der Waals surface area contributed by atoms with Gasteiger partial charge in [0.05, 0.1) is 12.7 Å². The minimum absolute atomic E-state index is 0.287. The Balaban J connectivity index is 1.88. The number of hydrogen-bond donors (Lipinski definition) is 1. The van der Waals surface area contributed by atoms with Crippen molar-refractivity contribution < 1.29 is 9.53 Å². The van der Waals surface area contributed by atoms with Crippen LogP contribution in [0.1, 0.15) is 29.6 Å². The van der Waals surface area contributed by atoms with Gasteiger partial charge in [-0.05, 0) is 43.0 Å². The average molecular weight is 219 g/mol. The van der Waals surface area contributed by atoms with E-state index < -0.39 is 0 Å². The lowest BCUT2D eigenvalue weighted by Gasteiger charge is -2.25. The van der Waals surface area contributed by atoms with E-state index in [0.29, 0.717) is 5.56 Å². The maximum atomic E-state index is 11.2. The molecule has 1 aromatic rings. The number of esters is 1. The quantitative estimate of drug-likeness (QED) is 0.791. The molecule has 1 saturated carbocycles. The molecule has 1 aliphatic carbocycles. The number of nitrogens with one attached hydrogen (secondary N) is 1. The van der Waals surface area contributed by atoms with Gasteiger partial charge < -0.3 is 10.1 Å². The van der Waals surface area contributed by atoms with Gasteiger partial charge in [-0.2, -0.15) is 0 Å². The molecule has 3 nitrogen and oxygen atoms in total. The third-order valence-electron chi connectivity index (χ3n) is 3.13. The van der Waals surface area contributed by atoms with E-state index in [9.17, 15) is 4.79 Å². The van der Waals surface area contributed by atoms with Crippen molar-refractivity contribution in [3.8, 4) is 0 Å². The van der Waals surface area contributed by atoms with Crippen molar-refractivity contribution in [3.05, 3.63) is 29.8 Å². The Morgan fingerprint density at radius 1 is 1.38 bits per heavy atom. The van der Waals surface area contributed by atoms with Crippen LogP contribution in [0.25, 0.3) is 0 Å². The van der Waals surface area contributed by atoms with E-state index in [1.165, 1.54) is 26.4 Å². The third-order valence-corrected chi connectivity index (χ3v) is 3.13. The molecule has 2 rings (SSSR count). The first kappa shape index (κ1) is 11.0. The first-order valence-electron chi connectivity index (χ1n) is 5.72. The summed E-state index contributed by atoms with van der Waals surface area (Å²) < 4.78 is 4.64. The molecular formula is C13H17NO2. The van der Waals surface area contributed by atoms with Gasteiger partial charge in [-0.1, -0.05) is 6.42 Å². The van der Waals surface area contributed by atoms with Gasteiger partial charge in [0.1, 0.15) is 0 Å². The SMILES string of the molecule is COC(=O)c1ccc(NCC2CCC2)cc1. The molecular weight excluding hydrogens is 202 g/mol. The van der Waals surface area contributed by atoms with Gasteiger partial charge in [-0.25, -0.2) is 4.79 Å². The molecule has 1 aromatic carbocycles. The van der Waals surface area contributed by atoms with Crippen molar-refractivity contribution >= 4 is 11.7 Å². The van der Waals surface area contributed by atoms with Crippen LogP contribution in [-0.4, -0.2) is 19.6 Å². The number of benzene rings is 1. The van der Waals surface area contributed by atoms with E-state index in [-0.39, 0.29) is 5.97 Å². The lowest BCUT2D eigenvalue weighted by atomic mass is 9.85. The van der Waals surface area contributed by atoms with Gasteiger partial charge in [0, 0.05) is 12.2 Å². The lowest BCUT2D eigenvalue weighted by Crippen LogP contribution is -2.20. The molecule has 0 aromatic heterocycles. The Morgan fingerprint density at radius 3 is 2.56 bits per heavy atom. The third kappa shape index (κ3) is 2.54. The van der Waals surface area contributed by atoms with Crippen LogP contribution >= 0.6 is 0 Å². The fraction of sp³-hybridized carbons (Fsp3) is 0.462. The number of hydrogen-bond acceptors (Lipinski definition) is 3. The fourth-order valence-corrected chi connectivity index (χ4v) is 1.80. The molecule has 3 heteroatoms. The number of methoxy groups -OCH3 is 1. The Labute approximate surface area is 95.8 Å². The zero-order valence-corrected chi connectivity index (χ0v) is 9.53. The predicted molar refractivity (Wildman–Crippen MR) is 63.6 cm³/mol. The van der Waals surface area contributed by atoms with E-state index >= 15 is 0 Å². The number of anilines is 1. The molecule has 0 spiro atoms. The molecule has 0 bridgehead atoms. The Kier molecular flexibility index (Phi) is 3.44. The largest absolute Gasteiger partial charge is 0.465 e. The summed E-state index contributed by atoms with van der Waals surface area (Å²) in [4.78, 5) is 11.2. The average Bonchev–Trinajstić information content (AvgIpc) is 2.27. The van der Waals surface area contributed by atoms with Crippen molar-refractivity contribution in [2.24, 2.45) is 5.92 Å². The second-order valence-corrected chi connectivity index (χ2v) is 4.25. The summed E-state index contributed by atoms with van der Waals surface area (Å²) in [7, 11) is 1.39. The molecule has 0 unspecified atom stereocenters. The van der Waals surface area contributed by atoms with Crippen molar-refractivity contribution in [2.75, 3.05) is 19.0 Å². The van der Waals surface area contributed by atoms with Crippen LogP contribution < -0.4 is 5.32 Å². The molecule has 0 atom stereocenters. The normalized spacial score (nSPS) is 15.3. The summed E-state index contributed by atoms with van der Waals surface area (Å²) in [6, 6.07) is 7.42. The monoisotopic (exact) mass is 219 g/mol. The van der Waals surface area contributed by atoms with Crippen LogP contribution in [0.5, 0.6) is 0 Å². The summed E-state index contributed by atoms with van der Waals surface area (Å²) in [6.07, 6.45) is 4.05. The molecule has 0 saturated heterocycles. The Bertz CT molecular complexity index is 355. The first-order chi connectivity index (χ1) is 7.79. The van der Waals surface area contributed by atoms with Gasteiger partial charge >= 0.3 is 5.97 Å².